The van der Waals surface area contributed by atoms with Gasteiger partial charge in [0.25, 0.3) is 0 Å². The van der Waals surface area contributed by atoms with Gasteiger partial charge in [0.2, 0.25) is 15.9 Å². The molecule has 3 amide bonds. The Morgan fingerprint density at radius 3 is 1.88 bits per heavy atom. The zero-order valence-electron chi connectivity index (χ0n) is 34.5. The van der Waals surface area contributed by atoms with Gasteiger partial charge in [-0.1, -0.05) is 48.5 Å². The monoisotopic (exact) mass is 848 g/mol. The van der Waals surface area contributed by atoms with Crippen LogP contribution in [0, 0.1) is 17.5 Å². The van der Waals surface area contributed by atoms with Crippen LogP contribution >= 0.6 is 0 Å². The number of sulfonamides is 1. The minimum Gasteiger partial charge on any atom is -0.444 e. The molecule has 2 atom stereocenters. The molecule has 0 radical (unpaired) electrons. The number of carbonyl (C=O) groups excluding carboxylic acids is 3. The summed E-state index contributed by atoms with van der Waals surface area (Å²) >= 11 is 0. The van der Waals surface area contributed by atoms with E-state index in [0.29, 0.717) is 24.0 Å². The number of rotatable bonds is 11. The zero-order valence-corrected chi connectivity index (χ0v) is 35.3. The maximum Gasteiger partial charge on any atom is 0.410 e. The molecule has 1 saturated carbocycles. The predicted molar refractivity (Wildman–Crippen MR) is 220 cm³/mol. The van der Waals surface area contributed by atoms with Crippen molar-refractivity contribution in [1.82, 2.24) is 14.5 Å². The first-order chi connectivity index (χ1) is 28.2. The Morgan fingerprint density at radius 2 is 1.35 bits per heavy atom. The average Bonchev–Trinajstić information content (AvgIpc) is 3.92. The summed E-state index contributed by atoms with van der Waals surface area (Å²) in [6.45, 7) is 10.3. The Bertz CT molecular complexity index is 2250. The van der Waals surface area contributed by atoms with Crippen molar-refractivity contribution in [2.45, 2.75) is 107 Å². The number of carbonyl (C=O) groups is 3. The number of amides is 3. The molecule has 1 aliphatic carbocycles. The molecular weight excluding hydrogens is 798 g/mol. The molecule has 1 aliphatic heterocycles. The van der Waals surface area contributed by atoms with Crippen LogP contribution < -0.4 is 10.6 Å². The number of nitrogens with one attached hydrogen (secondary N) is 2. The van der Waals surface area contributed by atoms with Gasteiger partial charge in [0.05, 0.1) is 10.4 Å². The average molecular weight is 849 g/mol. The van der Waals surface area contributed by atoms with Gasteiger partial charge in [-0.15, -0.1) is 0 Å². The smallest absolute Gasteiger partial charge is 0.410 e. The lowest BCUT2D eigenvalue weighted by Crippen LogP contribution is -2.63. The van der Waals surface area contributed by atoms with Crippen LogP contribution in [0.15, 0.2) is 102 Å². The lowest BCUT2D eigenvalue weighted by molar-refractivity contribution is -0.118. The second-order valence-electron chi connectivity index (χ2n) is 17.4. The van der Waals surface area contributed by atoms with E-state index in [1.807, 2.05) is 0 Å². The van der Waals surface area contributed by atoms with Crippen molar-refractivity contribution in [2.75, 3.05) is 18.4 Å². The van der Waals surface area contributed by atoms with Crippen LogP contribution in [0.1, 0.15) is 83.4 Å². The van der Waals surface area contributed by atoms with Crippen molar-refractivity contribution in [1.29, 1.82) is 0 Å². The number of hydrogen-bond donors (Lipinski definition) is 2. The Balaban J connectivity index is 1.35. The van der Waals surface area contributed by atoms with E-state index in [4.69, 9.17) is 9.47 Å². The fourth-order valence-corrected chi connectivity index (χ4v) is 9.71. The number of hydrogen-bond acceptors (Lipinski definition) is 7. The molecule has 6 rings (SSSR count). The SMILES string of the molecule is CC(C)(C)OC(=O)N[C@H](C(=O)Nc1cccc(F)c1CC[C@H]1CN(C(=O)OC(C)(C)C)CC2(CC2)N1S(=O)(=O)c1ccccc1)C(c1ccc(F)cc1)c1ccc(F)cc1. The van der Waals surface area contributed by atoms with Crippen LogP contribution in [0.25, 0.3) is 0 Å². The second kappa shape index (κ2) is 17.3. The van der Waals surface area contributed by atoms with Crippen molar-refractivity contribution in [2.24, 2.45) is 0 Å². The normalized spacial score (nSPS) is 17.2. The van der Waals surface area contributed by atoms with E-state index in [-0.39, 0.29) is 42.1 Å². The van der Waals surface area contributed by atoms with E-state index in [2.05, 4.69) is 10.6 Å². The topological polar surface area (TPSA) is 134 Å². The maximum absolute atomic E-state index is 16.0. The Kier molecular flexibility index (Phi) is 12.7. The summed E-state index contributed by atoms with van der Waals surface area (Å²) in [6.07, 6.45) is -0.553. The Morgan fingerprint density at radius 1 is 0.783 bits per heavy atom. The molecule has 60 heavy (non-hydrogen) atoms. The summed E-state index contributed by atoms with van der Waals surface area (Å²) in [7, 11) is -4.10. The summed E-state index contributed by atoms with van der Waals surface area (Å²) in [6, 6.07) is 20.4. The van der Waals surface area contributed by atoms with Gasteiger partial charge < -0.3 is 25.0 Å². The van der Waals surface area contributed by atoms with Gasteiger partial charge in [-0.2, -0.15) is 4.31 Å². The van der Waals surface area contributed by atoms with Crippen LogP contribution in [0.5, 0.6) is 0 Å². The Labute approximate surface area is 349 Å². The summed E-state index contributed by atoms with van der Waals surface area (Å²) in [5, 5.41) is 5.43. The molecule has 2 fully saturated rings. The molecule has 4 aromatic rings. The highest BCUT2D eigenvalue weighted by Crippen LogP contribution is 2.49. The highest BCUT2D eigenvalue weighted by Gasteiger charge is 2.60. The Hall–Kier alpha value is -5.41. The number of anilines is 1. The van der Waals surface area contributed by atoms with Crippen LogP contribution in [-0.2, 0) is 30.7 Å². The van der Waals surface area contributed by atoms with Crippen LogP contribution in [0.3, 0.4) is 0 Å². The predicted octanol–water partition coefficient (Wildman–Crippen LogP) is 8.54. The van der Waals surface area contributed by atoms with Gasteiger partial charge >= 0.3 is 12.2 Å². The van der Waals surface area contributed by atoms with Gasteiger partial charge in [-0.3, -0.25) is 4.79 Å². The quantitative estimate of drug-likeness (QED) is 0.155. The first kappa shape index (κ1) is 44.2. The molecule has 1 heterocycles. The number of nitrogens with zero attached hydrogens (tertiary/aromatic N) is 2. The first-order valence-electron chi connectivity index (χ1n) is 19.8. The lowest BCUT2D eigenvalue weighted by atomic mass is 9.84. The van der Waals surface area contributed by atoms with Crippen molar-refractivity contribution < 1.29 is 45.4 Å². The molecular formula is C45H51F3N4O7S. The van der Waals surface area contributed by atoms with Crippen LogP contribution in [0.2, 0.25) is 0 Å². The maximum atomic E-state index is 16.0. The molecule has 0 aromatic heterocycles. The van der Waals surface area contributed by atoms with E-state index in [9.17, 15) is 31.6 Å². The summed E-state index contributed by atoms with van der Waals surface area (Å²) in [5.41, 5.74) is -1.75. The standard InChI is InChI=1S/C45H51F3N4O7S/c1-43(2,3)58-41(54)50-39(38(29-15-19-31(46)20-16-29)30-17-21-32(47)22-18-30)40(53)49-37-14-10-13-36(48)35(37)24-23-33-27-51(42(55)59-44(4,5)6)28-45(25-26-45)52(33)60(56,57)34-11-8-7-9-12-34/h7-22,33,38-39H,23-28H2,1-6H3,(H,49,53)(H,50,54)/t33-,39-/m0/s1. The van der Waals surface area contributed by atoms with Gasteiger partial charge in [0, 0.05) is 36.3 Å². The second-order valence-corrected chi connectivity index (χ2v) is 19.2. The van der Waals surface area contributed by atoms with Crippen LogP contribution in [0.4, 0.5) is 28.4 Å². The van der Waals surface area contributed by atoms with Gasteiger partial charge in [0.1, 0.15) is 34.7 Å². The third kappa shape index (κ3) is 10.5. The van der Waals surface area contributed by atoms with Gasteiger partial charge in [0.15, 0.2) is 0 Å². The van der Waals surface area contributed by atoms with Gasteiger partial charge in [-0.05, 0) is 127 Å². The number of benzene rings is 4. The number of alkyl carbamates (subject to hydrolysis) is 1. The van der Waals surface area contributed by atoms with Gasteiger partial charge in [-0.25, -0.2) is 31.2 Å². The fraction of sp³-hybridized carbons (Fsp3) is 0.400. The van der Waals surface area contributed by atoms with Crippen molar-refractivity contribution in [3.63, 3.8) is 0 Å². The number of ether oxygens (including phenoxy) is 2. The minimum absolute atomic E-state index is 0.0300. The van der Waals surface area contributed by atoms with Crippen molar-refractivity contribution in [3.8, 4) is 0 Å². The first-order valence-corrected chi connectivity index (χ1v) is 21.3. The largest absolute Gasteiger partial charge is 0.444 e. The summed E-state index contributed by atoms with van der Waals surface area (Å²) in [4.78, 5) is 43.0. The van der Waals surface area contributed by atoms with E-state index in [1.54, 1.807) is 59.7 Å². The van der Waals surface area contributed by atoms with Crippen LogP contribution in [-0.4, -0.2) is 77.6 Å². The third-order valence-electron chi connectivity index (χ3n) is 10.3. The third-order valence-corrected chi connectivity index (χ3v) is 12.4. The number of piperazine rings is 1. The van der Waals surface area contributed by atoms with Crippen molar-refractivity contribution >= 4 is 33.8 Å². The lowest BCUT2D eigenvalue weighted by Gasteiger charge is -2.46. The molecule has 0 unspecified atom stereocenters. The minimum atomic E-state index is -4.10. The molecule has 11 nitrogen and oxygen atoms in total. The van der Waals surface area contributed by atoms with E-state index in [1.165, 1.54) is 88.1 Å². The molecule has 4 aromatic carbocycles. The van der Waals surface area contributed by atoms with E-state index < -0.39 is 80.3 Å². The summed E-state index contributed by atoms with van der Waals surface area (Å²) in [5.74, 6) is -3.58. The fourth-order valence-electron chi connectivity index (χ4n) is 7.66. The number of halogens is 3. The molecule has 2 N–H and O–H groups in total. The molecule has 1 saturated heterocycles. The zero-order chi connectivity index (χ0) is 43.6. The van der Waals surface area contributed by atoms with Crippen molar-refractivity contribution in [3.05, 3.63) is 131 Å². The highest BCUT2D eigenvalue weighted by atomic mass is 32.2. The molecule has 15 heteroatoms. The van der Waals surface area contributed by atoms with E-state index in [0.717, 1.165) is 0 Å². The molecule has 1 spiro atoms. The van der Waals surface area contributed by atoms with E-state index >= 15 is 4.39 Å². The molecule has 0 bridgehead atoms. The highest BCUT2D eigenvalue weighted by molar-refractivity contribution is 7.89. The summed E-state index contributed by atoms with van der Waals surface area (Å²) < 4.78 is 85.9. The molecule has 320 valence electrons. The molecule has 2 aliphatic rings.